The van der Waals surface area contributed by atoms with Crippen LogP contribution in [0.5, 0.6) is 0 Å². The van der Waals surface area contributed by atoms with Crippen molar-refractivity contribution in [2.45, 2.75) is 53.7 Å². The Morgan fingerprint density at radius 2 is 1.81 bits per heavy atom. The highest BCUT2D eigenvalue weighted by molar-refractivity contribution is 8.01. The van der Waals surface area contributed by atoms with E-state index in [1.165, 1.54) is 19.6 Å². The number of thioether (sulfide) groups is 1. The zero-order valence-electron chi connectivity index (χ0n) is 13.0. The quantitative estimate of drug-likeness (QED) is 0.696. The molecule has 0 spiro atoms. The third-order valence-corrected chi connectivity index (χ3v) is 6.10. The first-order valence-corrected chi connectivity index (χ1v) is 9.70. The average Bonchev–Trinajstić information content (AvgIpc) is 2.85. The van der Waals surface area contributed by atoms with E-state index in [0.717, 1.165) is 10.6 Å². The molecule has 4 heteroatoms. The van der Waals surface area contributed by atoms with E-state index in [1.54, 1.807) is 23.1 Å². The number of hydrogen-bond acceptors (Lipinski definition) is 4. The van der Waals surface area contributed by atoms with Crippen LogP contribution in [0.4, 0.5) is 0 Å². The van der Waals surface area contributed by atoms with Gasteiger partial charge in [0, 0.05) is 14.7 Å². The van der Waals surface area contributed by atoms with E-state index in [-0.39, 0.29) is 12.0 Å². The molecule has 0 amide bonds. The number of aliphatic hydroxyl groups excluding tert-OH is 1. The molecule has 0 fully saturated rings. The molecule has 114 valence electrons. The standard InChI is InChI=1S/C17H22OS3/c1-5-19-14-8-12(17(2,3)4)9-15(10-14)21-16-7-6-13(11-18)20-16/h6-10,18H,5,11H2,1-4H3. The van der Waals surface area contributed by atoms with Crippen LogP contribution in [0.3, 0.4) is 0 Å². The van der Waals surface area contributed by atoms with Gasteiger partial charge < -0.3 is 5.11 Å². The van der Waals surface area contributed by atoms with Crippen LogP contribution in [0, 0.1) is 0 Å². The summed E-state index contributed by atoms with van der Waals surface area (Å²) in [6.07, 6.45) is 0. The van der Waals surface area contributed by atoms with Gasteiger partial charge in [-0.15, -0.1) is 23.1 Å². The smallest absolute Gasteiger partial charge is 0.0774 e. The Morgan fingerprint density at radius 3 is 2.38 bits per heavy atom. The maximum atomic E-state index is 9.18. The molecule has 0 unspecified atom stereocenters. The lowest BCUT2D eigenvalue weighted by Gasteiger charge is -2.21. The lowest BCUT2D eigenvalue weighted by atomic mass is 9.87. The van der Waals surface area contributed by atoms with Crippen molar-refractivity contribution >= 4 is 34.9 Å². The fourth-order valence-electron chi connectivity index (χ4n) is 1.93. The molecule has 0 saturated carbocycles. The van der Waals surface area contributed by atoms with Gasteiger partial charge in [-0.05, 0) is 47.1 Å². The van der Waals surface area contributed by atoms with Crippen LogP contribution in [0.25, 0.3) is 0 Å². The summed E-state index contributed by atoms with van der Waals surface area (Å²) in [5.74, 6) is 1.09. The van der Waals surface area contributed by atoms with Crippen molar-refractivity contribution in [2.24, 2.45) is 0 Å². The second-order valence-corrected chi connectivity index (χ2v) is 9.74. The zero-order chi connectivity index (χ0) is 15.5. The molecule has 1 aromatic heterocycles. The van der Waals surface area contributed by atoms with Crippen molar-refractivity contribution in [1.82, 2.24) is 0 Å². The summed E-state index contributed by atoms with van der Waals surface area (Å²) in [4.78, 5) is 3.64. The summed E-state index contributed by atoms with van der Waals surface area (Å²) >= 11 is 5.34. The molecule has 1 N–H and O–H groups in total. The summed E-state index contributed by atoms with van der Waals surface area (Å²) in [6.45, 7) is 9.09. The van der Waals surface area contributed by atoms with Crippen molar-refractivity contribution in [1.29, 1.82) is 0 Å². The summed E-state index contributed by atoms with van der Waals surface area (Å²) in [5.41, 5.74) is 1.54. The molecule has 1 nitrogen and oxygen atoms in total. The van der Waals surface area contributed by atoms with E-state index < -0.39 is 0 Å². The van der Waals surface area contributed by atoms with Gasteiger partial charge in [-0.1, -0.05) is 39.5 Å². The predicted molar refractivity (Wildman–Crippen MR) is 95.9 cm³/mol. The highest BCUT2D eigenvalue weighted by Crippen LogP contribution is 2.38. The molecule has 2 rings (SSSR count). The minimum absolute atomic E-state index is 0.129. The Hall–Kier alpha value is -0.420. The van der Waals surface area contributed by atoms with Gasteiger partial charge in [0.2, 0.25) is 0 Å². The van der Waals surface area contributed by atoms with E-state index in [9.17, 15) is 5.11 Å². The first-order chi connectivity index (χ1) is 9.92. The van der Waals surface area contributed by atoms with Gasteiger partial charge in [0.05, 0.1) is 10.8 Å². The third kappa shape index (κ3) is 4.78. The topological polar surface area (TPSA) is 20.2 Å². The van der Waals surface area contributed by atoms with Crippen LogP contribution in [-0.4, -0.2) is 10.9 Å². The van der Waals surface area contributed by atoms with E-state index in [0.29, 0.717) is 0 Å². The number of rotatable bonds is 5. The van der Waals surface area contributed by atoms with Gasteiger partial charge in [-0.25, -0.2) is 0 Å². The van der Waals surface area contributed by atoms with E-state index in [4.69, 9.17) is 0 Å². The number of aliphatic hydroxyl groups is 1. The second-order valence-electron chi connectivity index (χ2n) is 5.86. The molecule has 1 aromatic carbocycles. The first-order valence-electron chi connectivity index (χ1n) is 7.08. The normalized spacial score (nSPS) is 11.9. The predicted octanol–water partition coefficient (Wildman–Crippen LogP) is 5.80. The van der Waals surface area contributed by atoms with Crippen molar-refractivity contribution in [2.75, 3.05) is 5.75 Å². The molecule has 1 heterocycles. The second kappa shape index (κ2) is 7.23. The molecule has 2 aromatic rings. The summed E-state index contributed by atoms with van der Waals surface area (Å²) in [5, 5.41) is 9.18. The van der Waals surface area contributed by atoms with Gasteiger partial charge >= 0.3 is 0 Å². The van der Waals surface area contributed by atoms with Crippen LogP contribution in [0.1, 0.15) is 38.1 Å². The molecule has 0 aliphatic rings. The molecule has 0 radical (unpaired) electrons. The first kappa shape index (κ1) is 16.9. The van der Waals surface area contributed by atoms with Crippen molar-refractivity contribution in [3.63, 3.8) is 0 Å². The zero-order valence-corrected chi connectivity index (χ0v) is 15.4. The molecule has 0 atom stereocenters. The van der Waals surface area contributed by atoms with Crippen LogP contribution in [0.15, 0.2) is 44.3 Å². The fourth-order valence-corrected chi connectivity index (χ4v) is 4.87. The number of thiophene rings is 1. The van der Waals surface area contributed by atoms with E-state index >= 15 is 0 Å². The molecule has 0 bridgehead atoms. The summed E-state index contributed by atoms with van der Waals surface area (Å²) < 4.78 is 1.23. The van der Waals surface area contributed by atoms with Gasteiger partial charge in [-0.3, -0.25) is 0 Å². The third-order valence-electron chi connectivity index (χ3n) is 3.07. The number of hydrogen-bond donors (Lipinski definition) is 1. The summed E-state index contributed by atoms with van der Waals surface area (Å²) in [6, 6.07) is 11.0. The Morgan fingerprint density at radius 1 is 1.10 bits per heavy atom. The highest BCUT2D eigenvalue weighted by Gasteiger charge is 2.16. The van der Waals surface area contributed by atoms with Crippen LogP contribution >= 0.6 is 34.9 Å². The Bertz CT molecular complexity index is 596. The molecule has 21 heavy (non-hydrogen) atoms. The van der Waals surface area contributed by atoms with Crippen molar-refractivity contribution < 1.29 is 5.11 Å². The SMILES string of the molecule is CCSc1cc(Sc2ccc(CO)s2)cc(C(C)(C)C)c1. The monoisotopic (exact) mass is 338 g/mol. The van der Waals surface area contributed by atoms with E-state index in [1.807, 2.05) is 17.8 Å². The lowest BCUT2D eigenvalue weighted by molar-refractivity contribution is 0.285. The molecular weight excluding hydrogens is 316 g/mol. The van der Waals surface area contributed by atoms with Crippen molar-refractivity contribution in [3.05, 3.63) is 40.8 Å². The number of benzene rings is 1. The molecule has 0 aliphatic heterocycles. The van der Waals surface area contributed by atoms with Crippen molar-refractivity contribution in [3.8, 4) is 0 Å². The maximum absolute atomic E-state index is 9.18. The Labute approximate surface area is 140 Å². The maximum Gasteiger partial charge on any atom is 0.0774 e. The average molecular weight is 339 g/mol. The van der Waals surface area contributed by atoms with Gasteiger partial charge in [0.25, 0.3) is 0 Å². The van der Waals surface area contributed by atoms with Crippen LogP contribution in [-0.2, 0) is 12.0 Å². The molecule has 0 aliphatic carbocycles. The van der Waals surface area contributed by atoms with Gasteiger partial charge in [0.1, 0.15) is 0 Å². The molecular formula is C17H22OS3. The largest absolute Gasteiger partial charge is 0.391 e. The van der Waals surface area contributed by atoms with Crippen LogP contribution in [0.2, 0.25) is 0 Å². The van der Waals surface area contributed by atoms with Gasteiger partial charge in [0.15, 0.2) is 0 Å². The minimum atomic E-state index is 0.129. The lowest BCUT2D eigenvalue weighted by Crippen LogP contribution is -2.11. The Kier molecular flexibility index (Phi) is 5.83. The fraction of sp³-hybridized carbons (Fsp3) is 0.412. The van der Waals surface area contributed by atoms with Crippen LogP contribution < -0.4 is 0 Å². The Balaban J connectivity index is 2.30. The molecule has 0 saturated heterocycles. The highest BCUT2D eigenvalue weighted by atomic mass is 32.2. The van der Waals surface area contributed by atoms with Gasteiger partial charge in [-0.2, -0.15) is 0 Å². The van der Waals surface area contributed by atoms with E-state index in [2.05, 4.69) is 52.0 Å². The summed E-state index contributed by atoms with van der Waals surface area (Å²) in [7, 11) is 0. The minimum Gasteiger partial charge on any atom is -0.391 e.